The summed E-state index contributed by atoms with van der Waals surface area (Å²) in [5.41, 5.74) is 1.63. The van der Waals surface area contributed by atoms with Gasteiger partial charge in [0.15, 0.2) is 0 Å². The van der Waals surface area contributed by atoms with Gasteiger partial charge in [-0.15, -0.1) is 0 Å². The zero-order valence-electron chi connectivity index (χ0n) is 9.54. The maximum atomic E-state index is 11.1. The second-order valence-electron chi connectivity index (χ2n) is 3.55. The Labute approximate surface area is 100 Å². The fraction of sp³-hybridized carbons (Fsp3) is 0.0714. The van der Waals surface area contributed by atoms with Crippen LogP contribution in [-0.4, -0.2) is 5.97 Å². The van der Waals surface area contributed by atoms with Crippen molar-refractivity contribution in [2.75, 3.05) is 5.06 Å². The Balaban J connectivity index is 2.36. The predicted molar refractivity (Wildman–Crippen MR) is 66.8 cm³/mol. The minimum atomic E-state index is -0.349. The number of carbonyl (C=O) groups excluding carboxylic acids is 1. The van der Waals surface area contributed by atoms with Crippen LogP contribution in [0.25, 0.3) is 0 Å². The molecule has 0 fully saturated rings. The Morgan fingerprint density at radius 1 is 0.882 bits per heavy atom. The number of benzene rings is 2. The van der Waals surface area contributed by atoms with Gasteiger partial charge in [-0.2, -0.15) is 5.06 Å². The third-order valence-corrected chi connectivity index (χ3v) is 2.20. The lowest BCUT2D eigenvalue weighted by Gasteiger charge is -2.22. The molecule has 2 rings (SSSR count). The summed E-state index contributed by atoms with van der Waals surface area (Å²) < 4.78 is 0. The Hall–Kier alpha value is -2.29. The lowest BCUT2D eigenvalue weighted by atomic mass is 10.2. The van der Waals surface area contributed by atoms with E-state index in [2.05, 4.69) is 0 Å². The van der Waals surface area contributed by atoms with Gasteiger partial charge < -0.3 is 4.84 Å². The summed E-state index contributed by atoms with van der Waals surface area (Å²) in [5, 5.41) is 1.52. The largest absolute Gasteiger partial charge is 0.336 e. The summed E-state index contributed by atoms with van der Waals surface area (Å²) in [6.45, 7) is 1.39. The lowest BCUT2D eigenvalue weighted by Crippen LogP contribution is -2.20. The number of hydrogen-bond acceptors (Lipinski definition) is 3. The van der Waals surface area contributed by atoms with Crippen LogP contribution < -0.4 is 5.06 Å². The third-order valence-electron chi connectivity index (χ3n) is 2.20. The summed E-state index contributed by atoms with van der Waals surface area (Å²) in [5.74, 6) is -0.349. The number of rotatable bonds is 3. The summed E-state index contributed by atoms with van der Waals surface area (Å²) in [6, 6.07) is 19.0. The molecule has 0 N–H and O–H groups in total. The van der Waals surface area contributed by atoms with Gasteiger partial charge in [0.1, 0.15) is 0 Å². The highest BCUT2D eigenvalue weighted by atomic mass is 16.7. The number of nitrogens with zero attached hydrogens (tertiary/aromatic N) is 1. The van der Waals surface area contributed by atoms with Gasteiger partial charge in [0, 0.05) is 6.92 Å². The van der Waals surface area contributed by atoms with Gasteiger partial charge in [-0.3, -0.25) is 0 Å². The smallest absolute Gasteiger partial charge is 0.329 e. The second-order valence-corrected chi connectivity index (χ2v) is 3.55. The Morgan fingerprint density at radius 2 is 1.29 bits per heavy atom. The summed E-state index contributed by atoms with van der Waals surface area (Å²) in [7, 11) is 0. The van der Waals surface area contributed by atoms with Crippen LogP contribution in [-0.2, 0) is 9.63 Å². The highest BCUT2D eigenvalue weighted by Gasteiger charge is 2.11. The van der Waals surface area contributed by atoms with Crippen LogP contribution in [0, 0.1) is 0 Å². The molecule has 3 heteroatoms. The van der Waals surface area contributed by atoms with Crippen molar-refractivity contribution in [3.8, 4) is 0 Å². The molecule has 86 valence electrons. The highest BCUT2D eigenvalue weighted by molar-refractivity contribution is 5.71. The molecule has 0 atom stereocenters. The Morgan fingerprint density at radius 3 is 1.65 bits per heavy atom. The maximum absolute atomic E-state index is 11.1. The molecule has 17 heavy (non-hydrogen) atoms. The lowest BCUT2D eigenvalue weighted by molar-refractivity contribution is -0.141. The van der Waals surface area contributed by atoms with Crippen molar-refractivity contribution in [3.05, 3.63) is 60.7 Å². The van der Waals surface area contributed by atoms with Gasteiger partial charge in [-0.25, -0.2) is 4.79 Å². The Bertz CT molecular complexity index is 443. The molecule has 0 saturated carbocycles. The highest BCUT2D eigenvalue weighted by Crippen LogP contribution is 2.24. The molecule has 0 radical (unpaired) electrons. The molecule has 0 spiro atoms. The van der Waals surface area contributed by atoms with Crippen LogP contribution >= 0.6 is 0 Å². The average molecular weight is 227 g/mol. The average Bonchev–Trinajstić information content (AvgIpc) is 2.38. The van der Waals surface area contributed by atoms with E-state index in [-0.39, 0.29) is 5.97 Å². The van der Waals surface area contributed by atoms with Gasteiger partial charge in [0.25, 0.3) is 0 Å². The predicted octanol–water partition coefficient (Wildman–Crippen LogP) is 3.30. The molecule has 0 heterocycles. The van der Waals surface area contributed by atoms with E-state index in [0.29, 0.717) is 0 Å². The molecule has 0 aromatic heterocycles. The minimum Gasteiger partial charge on any atom is -0.336 e. The second kappa shape index (κ2) is 5.16. The van der Waals surface area contributed by atoms with E-state index >= 15 is 0 Å². The zero-order chi connectivity index (χ0) is 12.1. The van der Waals surface area contributed by atoms with Crippen molar-refractivity contribution in [1.82, 2.24) is 0 Å². The molecule has 2 aromatic carbocycles. The molecule has 0 amide bonds. The van der Waals surface area contributed by atoms with Crippen molar-refractivity contribution < 1.29 is 9.63 Å². The molecule has 0 aliphatic rings. The first-order chi connectivity index (χ1) is 8.27. The van der Waals surface area contributed by atoms with E-state index in [9.17, 15) is 4.79 Å². The van der Waals surface area contributed by atoms with E-state index in [0.717, 1.165) is 11.4 Å². The molecule has 0 bridgehead atoms. The zero-order valence-corrected chi connectivity index (χ0v) is 9.54. The van der Waals surface area contributed by atoms with Crippen LogP contribution in [0.3, 0.4) is 0 Å². The quantitative estimate of drug-likeness (QED) is 0.753. The van der Waals surface area contributed by atoms with Crippen LogP contribution in [0.4, 0.5) is 11.4 Å². The number of para-hydroxylation sites is 2. The number of carbonyl (C=O) groups is 1. The van der Waals surface area contributed by atoms with E-state index in [1.54, 1.807) is 0 Å². The van der Waals surface area contributed by atoms with E-state index in [1.165, 1.54) is 12.0 Å². The Kier molecular flexibility index (Phi) is 3.40. The summed E-state index contributed by atoms with van der Waals surface area (Å²) >= 11 is 0. The van der Waals surface area contributed by atoms with Crippen LogP contribution in [0.2, 0.25) is 0 Å². The van der Waals surface area contributed by atoms with Gasteiger partial charge in [0.05, 0.1) is 11.4 Å². The summed E-state index contributed by atoms with van der Waals surface area (Å²) in [4.78, 5) is 16.4. The molecular formula is C14H13NO2. The fourth-order valence-corrected chi connectivity index (χ4v) is 1.51. The normalized spacial score (nSPS) is 9.71. The van der Waals surface area contributed by atoms with Crippen molar-refractivity contribution in [1.29, 1.82) is 0 Å². The monoisotopic (exact) mass is 227 g/mol. The maximum Gasteiger partial charge on any atom is 0.329 e. The third kappa shape index (κ3) is 2.84. The minimum absolute atomic E-state index is 0.349. The van der Waals surface area contributed by atoms with Gasteiger partial charge in [0.2, 0.25) is 0 Å². The van der Waals surface area contributed by atoms with Gasteiger partial charge in [-0.1, -0.05) is 36.4 Å². The molecule has 0 unspecified atom stereocenters. The first-order valence-corrected chi connectivity index (χ1v) is 5.36. The molecule has 0 aliphatic carbocycles. The topological polar surface area (TPSA) is 29.5 Å². The summed E-state index contributed by atoms with van der Waals surface area (Å²) in [6.07, 6.45) is 0. The molecule has 3 nitrogen and oxygen atoms in total. The van der Waals surface area contributed by atoms with Crippen LogP contribution in [0.5, 0.6) is 0 Å². The van der Waals surface area contributed by atoms with Crippen molar-refractivity contribution in [2.45, 2.75) is 6.92 Å². The molecule has 0 aliphatic heterocycles. The van der Waals surface area contributed by atoms with Crippen molar-refractivity contribution in [2.24, 2.45) is 0 Å². The SMILES string of the molecule is CC(=O)ON(c1ccccc1)c1ccccc1. The van der Waals surface area contributed by atoms with E-state index < -0.39 is 0 Å². The first-order valence-electron chi connectivity index (χ1n) is 5.36. The van der Waals surface area contributed by atoms with Gasteiger partial charge in [-0.05, 0) is 24.3 Å². The fourth-order valence-electron chi connectivity index (χ4n) is 1.51. The van der Waals surface area contributed by atoms with Crippen molar-refractivity contribution in [3.63, 3.8) is 0 Å². The van der Waals surface area contributed by atoms with Crippen LogP contribution in [0.15, 0.2) is 60.7 Å². The van der Waals surface area contributed by atoms with E-state index in [1.807, 2.05) is 60.7 Å². The van der Waals surface area contributed by atoms with Gasteiger partial charge >= 0.3 is 5.97 Å². The van der Waals surface area contributed by atoms with Crippen molar-refractivity contribution >= 4 is 17.3 Å². The molecule has 2 aromatic rings. The number of hydrogen-bond donors (Lipinski definition) is 0. The standard InChI is InChI=1S/C14H13NO2/c1-12(16)17-15(13-8-4-2-5-9-13)14-10-6-3-7-11-14/h2-11H,1H3. The first kappa shape index (κ1) is 11.2. The van der Waals surface area contributed by atoms with Crippen LogP contribution in [0.1, 0.15) is 6.92 Å². The number of anilines is 2. The van der Waals surface area contributed by atoms with E-state index in [4.69, 9.17) is 4.84 Å². The molecule has 0 saturated heterocycles. The molecular weight excluding hydrogens is 214 g/mol.